The first-order chi connectivity index (χ1) is 7.14. The van der Waals surface area contributed by atoms with E-state index in [9.17, 15) is 13.9 Å². The van der Waals surface area contributed by atoms with Crippen LogP contribution < -0.4 is 0 Å². The minimum atomic E-state index is -2.80. The molecule has 0 aromatic carbocycles. The van der Waals surface area contributed by atoms with Crippen molar-refractivity contribution in [3.63, 3.8) is 0 Å². The summed E-state index contributed by atoms with van der Waals surface area (Å²) in [5, 5.41) is 0. The van der Waals surface area contributed by atoms with Crippen LogP contribution in [0.4, 0.5) is 4.39 Å². The molecule has 1 unspecified atom stereocenters. The topological polar surface area (TPSA) is 46.5 Å². The minimum absolute atomic E-state index is 0.0677. The van der Waals surface area contributed by atoms with E-state index in [1.165, 1.54) is 0 Å². The Bertz CT molecular complexity index is 285. The molecule has 2 aliphatic carbocycles. The molecule has 0 spiro atoms. The maximum absolute atomic E-state index is 12.9. The van der Waals surface area contributed by atoms with Gasteiger partial charge in [-0.05, 0) is 49.4 Å². The summed E-state index contributed by atoms with van der Waals surface area (Å²) in [5.41, 5.74) is 0.0677. The van der Waals surface area contributed by atoms with E-state index in [1.807, 2.05) is 0 Å². The molecule has 15 heavy (non-hydrogen) atoms. The Labute approximate surface area is 89.2 Å². The van der Waals surface area contributed by atoms with Crippen molar-refractivity contribution in [3.8, 4) is 0 Å². The zero-order chi connectivity index (χ0) is 10.9. The lowest BCUT2D eigenvalue weighted by atomic mass is 9.90. The first kappa shape index (κ1) is 11.3. The molecule has 0 saturated heterocycles. The SMILES string of the molecule is O=NP(=O)(C[C@H]1CC[C@H](F)CC1)C1CC1. The molecule has 1 atom stereocenters. The van der Waals surface area contributed by atoms with Gasteiger partial charge in [-0.15, -0.1) is 4.91 Å². The number of rotatable bonds is 4. The van der Waals surface area contributed by atoms with Gasteiger partial charge in [0.05, 0.1) is 0 Å². The molecule has 0 aromatic rings. The normalized spacial score (nSPS) is 35.8. The summed E-state index contributed by atoms with van der Waals surface area (Å²) in [7, 11) is -2.80. The third-order valence-electron chi connectivity index (χ3n) is 3.55. The number of alkyl halides is 1. The van der Waals surface area contributed by atoms with Crippen LogP contribution in [0.2, 0.25) is 0 Å². The standard InChI is InChI=1S/C10H17FNO2P/c11-9-3-1-8(2-4-9)7-15(14,12-13)10-5-6-10/h8-10H,1-7H2/t8-,9-,15?. The summed E-state index contributed by atoms with van der Waals surface area (Å²) in [5.74, 6) is 0.265. The molecular formula is C10H17FNO2P. The van der Waals surface area contributed by atoms with Crippen molar-refractivity contribution >= 4 is 7.29 Å². The molecule has 2 saturated carbocycles. The highest BCUT2D eigenvalue weighted by molar-refractivity contribution is 7.63. The molecule has 2 rings (SSSR count). The largest absolute Gasteiger partial charge is 0.295 e. The molecule has 0 N–H and O–H groups in total. The van der Waals surface area contributed by atoms with Crippen molar-refractivity contribution in [1.29, 1.82) is 0 Å². The number of halogens is 1. The lowest BCUT2D eigenvalue weighted by Crippen LogP contribution is -2.18. The lowest BCUT2D eigenvalue weighted by Gasteiger charge is -2.25. The van der Waals surface area contributed by atoms with Gasteiger partial charge in [0, 0.05) is 11.8 Å². The summed E-state index contributed by atoms with van der Waals surface area (Å²) in [4.78, 5) is 13.6. The Morgan fingerprint density at radius 2 is 1.73 bits per heavy atom. The second kappa shape index (κ2) is 4.32. The Hall–Kier alpha value is -0.240. The van der Waals surface area contributed by atoms with E-state index < -0.39 is 13.5 Å². The van der Waals surface area contributed by atoms with E-state index in [4.69, 9.17) is 0 Å². The molecule has 0 amide bonds. The maximum Gasteiger partial charge on any atom is 0.236 e. The quantitative estimate of drug-likeness (QED) is 0.548. The molecule has 0 aromatic heterocycles. The third kappa shape index (κ3) is 2.66. The fourth-order valence-electron chi connectivity index (χ4n) is 2.40. The van der Waals surface area contributed by atoms with Crippen LogP contribution in [0.25, 0.3) is 0 Å². The lowest BCUT2D eigenvalue weighted by molar-refractivity contribution is 0.216. The van der Waals surface area contributed by atoms with Gasteiger partial charge in [-0.3, -0.25) is 4.57 Å². The van der Waals surface area contributed by atoms with Gasteiger partial charge in [-0.2, -0.15) is 0 Å². The van der Waals surface area contributed by atoms with E-state index in [0.717, 1.165) is 25.7 Å². The van der Waals surface area contributed by atoms with Crippen LogP contribution in [0.3, 0.4) is 0 Å². The van der Waals surface area contributed by atoms with E-state index in [0.29, 0.717) is 19.0 Å². The van der Waals surface area contributed by atoms with Gasteiger partial charge in [-0.25, -0.2) is 4.39 Å². The Balaban J connectivity index is 1.89. The molecule has 86 valence electrons. The fourth-order valence-corrected chi connectivity index (χ4v) is 4.96. The molecule has 0 heterocycles. The number of hydrogen-bond donors (Lipinski definition) is 0. The summed E-state index contributed by atoms with van der Waals surface area (Å²) in [6, 6.07) is 0. The van der Waals surface area contributed by atoms with Gasteiger partial charge in [0.2, 0.25) is 7.29 Å². The van der Waals surface area contributed by atoms with E-state index in [2.05, 4.69) is 4.95 Å². The van der Waals surface area contributed by atoms with Gasteiger partial charge in [0.1, 0.15) is 6.17 Å². The van der Waals surface area contributed by atoms with Crippen LogP contribution in [-0.2, 0) is 4.57 Å². The van der Waals surface area contributed by atoms with Crippen LogP contribution in [0, 0.1) is 10.8 Å². The first-order valence-electron chi connectivity index (χ1n) is 5.72. The fraction of sp³-hybridized carbons (Fsp3) is 1.00. The van der Waals surface area contributed by atoms with Crippen molar-refractivity contribution in [3.05, 3.63) is 4.91 Å². The van der Waals surface area contributed by atoms with Crippen molar-refractivity contribution in [1.82, 2.24) is 0 Å². The van der Waals surface area contributed by atoms with E-state index in [1.54, 1.807) is 0 Å². The van der Waals surface area contributed by atoms with Crippen LogP contribution in [-0.4, -0.2) is 18.0 Å². The summed E-state index contributed by atoms with van der Waals surface area (Å²) >= 11 is 0. The minimum Gasteiger partial charge on any atom is -0.295 e. The average Bonchev–Trinajstić information content (AvgIpc) is 3.05. The summed E-state index contributed by atoms with van der Waals surface area (Å²) in [6.45, 7) is 0. The Kier molecular flexibility index (Phi) is 3.24. The van der Waals surface area contributed by atoms with E-state index >= 15 is 0 Å². The third-order valence-corrected chi connectivity index (χ3v) is 6.53. The average molecular weight is 233 g/mol. The zero-order valence-corrected chi connectivity index (χ0v) is 9.67. The van der Waals surface area contributed by atoms with E-state index in [-0.39, 0.29) is 11.6 Å². The zero-order valence-electron chi connectivity index (χ0n) is 8.77. The molecular weight excluding hydrogens is 216 g/mol. The summed E-state index contributed by atoms with van der Waals surface area (Å²) in [6.07, 6.45) is 4.20. The van der Waals surface area contributed by atoms with Crippen molar-refractivity contribution in [2.75, 3.05) is 6.16 Å². The van der Waals surface area contributed by atoms with Gasteiger partial charge in [0.25, 0.3) is 0 Å². The highest BCUT2D eigenvalue weighted by Crippen LogP contribution is 2.63. The molecule has 0 bridgehead atoms. The first-order valence-corrected chi connectivity index (χ1v) is 7.63. The van der Waals surface area contributed by atoms with Crippen molar-refractivity contribution in [2.45, 2.75) is 50.4 Å². The van der Waals surface area contributed by atoms with Crippen molar-refractivity contribution in [2.24, 2.45) is 10.9 Å². The Morgan fingerprint density at radius 3 is 2.20 bits per heavy atom. The Morgan fingerprint density at radius 1 is 1.13 bits per heavy atom. The van der Waals surface area contributed by atoms with Crippen LogP contribution in [0.1, 0.15) is 38.5 Å². The smallest absolute Gasteiger partial charge is 0.236 e. The number of nitrogens with zero attached hydrogens (tertiary/aromatic N) is 1. The van der Waals surface area contributed by atoms with Crippen LogP contribution in [0.5, 0.6) is 0 Å². The van der Waals surface area contributed by atoms with Gasteiger partial charge < -0.3 is 0 Å². The van der Waals surface area contributed by atoms with Gasteiger partial charge >= 0.3 is 0 Å². The second-order valence-corrected chi connectivity index (χ2v) is 7.64. The number of hydrogen-bond acceptors (Lipinski definition) is 2. The molecule has 5 heteroatoms. The monoisotopic (exact) mass is 233 g/mol. The highest BCUT2D eigenvalue weighted by Gasteiger charge is 2.44. The van der Waals surface area contributed by atoms with Gasteiger partial charge in [0.15, 0.2) is 0 Å². The maximum atomic E-state index is 12.9. The predicted molar refractivity (Wildman–Crippen MR) is 58.1 cm³/mol. The molecule has 0 aliphatic heterocycles. The number of nitroso groups, excluding NO2 is 1. The van der Waals surface area contributed by atoms with Crippen molar-refractivity contribution < 1.29 is 8.96 Å². The molecule has 0 radical (unpaired) electrons. The summed E-state index contributed by atoms with van der Waals surface area (Å²) < 4.78 is 25.0. The molecule has 2 aliphatic rings. The predicted octanol–water partition coefficient (Wildman–Crippen LogP) is 3.72. The second-order valence-electron chi connectivity index (χ2n) is 4.87. The molecule has 3 nitrogen and oxygen atoms in total. The molecule has 2 fully saturated rings. The van der Waals surface area contributed by atoms with Crippen LogP contribution >= 0.6 is 7.29 Å². The van der Waals surface area contributed by atoms with Gasteiger partial charge in [-0.1, -0.05) is 0 Å². The highest BCUT2D eigenvalue weighted by atomic mass is 31.2. The van der Waals surface area contributed by atoms with Crippen LogP contribution in [0.15, 0.2) is 4.95 Å².